The molecule has 168 valence electrons. The molecule has 1 amide bonds. The molecular formula is C19H39ClN2O6. The summed E-state index contributed by atoms with van der Waals surface area (Å²) in [6, 6.07) is 0. The molecule has 0 aromatic carbocycles. The van der Waals surface area contributed by atoms with Crippen LogP contribution >= 0.6 is 11.6 Å². The summed E-state index contributed by atoms with van der Waals surface area (Å²) < 4.78 is 26.7. The van der Waals surface area contributed by atoms with Crippen molar-refractivity contribution < 1.29 is 28.5 Å². The lowest BCUT2D eigenvalue weighted by Gasteiger charge is -2.08. The van der Waals surface area contributed by atoms with E-state index in [-0.39, 0.29) is 5.91 Å². The predicted octanol–water partition coefficient (Wildman–Crippen LogP) is 1.33. The first-order chi connectivity index (χ1) is 13.8. The largest absolute Gasteiger partial charge is 0.379 e. The number of rotatable bonds is 23. The van der Waals surface area contributed by atoms with E-state index in [4.69, 9.17) is 41.0 Å². The molecular weight excluding hydrogens is 388 g/mol. The fraction of sp³-hybridized carbons (Fsp3) is 0.947. The van der Waals surface area contributed by atoms with Crippen LogP contribution in [0.25, 0.3) is 0 Å². The SMILES string of the molecule is NCCOCCOCCOCCC(=O)NCCOCCOCCCCCCCl. The van der Waals surface area contributed by atoms with Gasteiger partial charge in [-0.1, -0.05) is 12.8 Å². The molecule has 8 nitrogen and oxygen atoms in total. The van der Waals surface area contributed by atoms with Crippen molar-refractivity contribution in [2.24, 2.45) is 5.73 Å². The van der Waals surface area contributed by atoms with Crippen molar-refractivity contribution in [3.63, 3.8) is 0 Å². The molecule has 0 saturated carbocycles. The first kappa shape index (κ1) is 27.5. The molecule has 0 aliphatic heterocycles. The van der Waals surface area contributed by atoms with E-state index in [2.05, 4.69) is 5.32 Å². The Bertz CT molecular complexity index is 327. The van der Waals surface area contributed by atoms with Gasteiger partial charge in [-0.25, -0.2) is 0 Å². The zero-order valence-electron chi connectivity index (χ0n) is 17.1. The maximum Gasteiger partial charge on any atom is 0.222 e. The van der Waals surface area contributed by atoms with Crippen molar-refractivity contribution in [2.75, 3.05) is 85.0 Å². The number of alkyl halides is 1. The first-order valence-corrected chi connectivity index (χ1v) is 10.8. The number of nitrogens with one attached hydrogen (secondary N) is 1. The van der Waals surface area contributed by atoms with Crippen LogP contribution in [0, 0.1) is 0 Å². The Morgan fingerprint density at radius 3 is 1.86 bits per heavy atom. The predicted molar refractivity (Wildman–Crippen MR) is 110 cm³/mol. The zero-order valence-corrected chi connectivity index (χ0v) is 17.9. The van der Waals surface area contributed by atoms with Gasteiger partial charge in [-0.2, -0.15) is 0 Å². The monoisotopic (exact) mass is 426 g/mol. The molecule has 0 aromatic rings. The lowest BCUT2D eigenvalue weighted by Crippen LogP contribution is -2.28. The highest BCUT2D eigenvalue weighted by Gasteiger charge is 2.00. The van der Waals surface area contributed by atoms with E-state index in [1.54, 1.807) is 0 Å². The van der Waals surface area contributed by atoms with Crippen molar-refractivity contribution in [2.45, 2.75) is 32.1 Å². The highest BCUT2D eigenvalue weighted by atomic mass is 35.5. The second-order valence-electron chi connectivity index (χ2n) is 6.05. The number of unbranched alkanes of at least 4 members (excludes halogenated alkanes) is 3. The minimum atomic E-state index is -0.0482. The molecule has 28 heavy (non-hydrogen) atoms. The number of nitrogens with two attached hydrogens (primary N) is 1. The molecule has 9 heteroatoms. The molecule has 3 N–H and O–H groups in total. The Morgan fingerprint density at radius 1 is 0.679 bits per heavy atom. The summed E-state index contributed by atoms with van der Waals surface area (Å²) in [5.41, 5.74) is 5.30. The number of halogens is 1. The van der Waals surface area contributed by atoms with E-state index in [9.17, 15) is 4.79 Å². The van der Waals surface area contributed by atoms with Crippen LogP contribution in [0.1, 0.15) is 32.1 Å². The smallest absolute Gasteiger partial charge is 0.222 e. The second-order valence-corrected chi connectivity index (χ2v) is 6.43. The van der Waals surface area contributed by atoms with Crippen LogP contribution in [-0.4, -0.2) is 90.9 Å². The van der Waals surface area contributed by atoms with Crippen LogP contribution in [0.5, 0.6) is 0 Å². The molecule has 0 fully saturated rings. The Morgan fingerprint density at radius 2 is 1.21 bits per heavy atom. The maximum absolute atomic E-state index is 11.6. The minimum absolute atomic E-state index is 0.0482. The molecule has 0 bridgehead atoms. The topological polar surface area (TPSA) is 101 Å². The number of carbonyl (C=O) groups excluding carboxylic acids is 1. The van der Waals surface area contributed by atoms with Crippen LogP contribution in [0.4, 0.5) is 0 Å². The Hall–Kier alpha value is -0.480. The number of amides is 1. The van der Waals surface area contributed by atoms with Gasteiger partial charge in [0.15, 0.2) is 0 Å². The maximum atomic E-state index is 11.6. The van der Waals surface area contributed by atoms with Crippen molar-refractivity contribution >= 4 is 17.5 Å². The number of hydrogen-bond acceptors (Lipinski definition) is 7. The molecule has 0 aliphatic carbocycles. The Balaban J connectivity index is 3.13. The average molecular weight is 427 g/mol. The third-order valence-corrected chi connectivity index (χ3v) is 3.86. The summed E-state index contributed by atoms with van der Waals surface area (Å²) in [5, 5.41) is 2.79. The lowest BCUT2D eigenvalue weighted by molar-refractivity contribution is -0.122. The van der Waals surface area contributed by atoms with E-state index in [1.807, 2.05) is 0 Å². The van der Waals surface area contributed by atoms with E-state index < -0.39 is 0 Å². The third kappa shape index (κ3) is 23.6. The van der Waals surface area contributed by atoms with Gasteiger partial charge >= 0.3 is 0 Å². The van der Waals surface area contributed by atoms with E-state index in [0.29, 0.717) is 79.0 Å². The molecule has 0 heterocycles. The van der Waals surface area contributed by atoms with Crippen molar-refractivity contribution in [3.8, 4) is 0 Å². The Kier molecular flexibility index (Phi) is 24.1. The molecule has 0 aliphatic rings. The fourth-order valence-corrected chi connectivity index (χ4v) is 2.30. The normalized spacial score (nSPS) is 11.1. The van der Waals surface area contributed by atoms with Gasteiger partial charge in [-0.3, -0.25) is 4.79 Å². The van der Waals surface area contributed by atoms with Gasteiger partial charge in [0.05, 0.1) is 59.5 Å². The highest BCUT2D eigenvalue weighted by Crippen LogP contribution is 2.01. The number of hydrogen-bond donors (Lipinski definition) is 2. The van der Waals surface area contributed by atoms with E-state index >= 15 is 0 Å². The van der Waals surface area contributed by atoms with Gasteiger partial charge in [-0.05, 0) is 12.8 Å². The van der Waals surface area contributed by atoms with Gasteiger partial charge in [0, 0.05) is 32.0 Å². The molecule has 0 atom stereocenters. The average Bonchev–Trinajstić information content (AvgIpc) is 2.70. The molecule has 0 saturated heterocycles. The summed E-state index contributed by atoms with van der Waals surface area (Å²) in [6.45, 7) is 6.27. The van der Waals surface area contributed by atoms with Crippen LogP contribution in [0.3, 0.4) is 0 Å². The van der Waals surface area contributed by atoms with Crippen LogP contribution < -0.4 is 11.1 Å². The summed E-state index contributed by atoms with van der Waals surface area (Å²) >= 11 is 5.62. The first-order valence-electron chi connectivity index (χ1n) is 10.2. The lowest BCUT2D eigenvalue weighted by atomic mass is 10.2. The van der Waals surface area contributed by atoms with E-state index in [1.165, 1.54) is 0 Å². The summed E-state index contributed by atoms with van der Waals surface area (Å²) in [6.07, 6.45) is 4.77. The molecule has 0 spiro atoms. The number of ether oxygens (including phenoxy) is 5. The minimum Gasteiger partial charge on any atom is -0.379 e. The van der Waals surface area contributed by atoms with Gasteiger partial charge < -0.3 is 34.7 Å². The standard InChI is InChI=1S/C19H39ClN2O6/c20-6-3-1-2-4-9-24-13-16-27-12-8-22-19(23)5-10-25-14-17-28-18-15-26-11-7-21/h1-18,21H2,(H,22,23). The second kappa shape index (κ2) is 24.6. The summed E-state index contributed by atoms with van der Waals surface area (Å²) in [4.78, 5) is 11.6. The van der Waals surface area contributed by atoms with Crippen molar-refractivity contribution in [3.05, 3.63) is 0 Å². The summed E-state index contributed by atoms with van der Waals surface area (Å²) in [5.74, 6) is 0.688. The summed E-state index contributed by atoms with van der Waals surface area (Å²) in [7, 11) is 0. The van der Waals surface area contributed by atoms with Crippen LogP contribution in [-0.2, 0) is 28.5 Å². The fourth-order valence-electron chi connectivity index (χ4n) is 2.12. The van der Waals surface area contributed by atoms with Crippen LogP contribution in [0.15, 0.2) is 0 Å². The number of carbonyl (C=O) groups is 1. The third-order valence-electron chi connectivity index (χ3n) is 3.59. The van der Waals surface area contributed by atoms with Crippen molar-refractivity contribution in [1.29, 1.82) is 0 Å². The van der Waals surface area contributed by atoms with Crippen molar-refractivity contribution in [1.82, 2.24) is 5.32 Å². The van der Waals surface area contributed by atoms with Gasteiger partial charge in [0.2, 0.25) is 5.91 Å². The quantitative estimate of drug-likeness (QED) is 0.188. The molecule has 0 rings (SSSR count). The van der Waals surface area contributed by atoms with Gasteiger partial charge in [-0.15, -0.1) is 11.6 Å². The van der Waals surface area contributed by atoms with E-state index in [0.717, 1.165) is 38.2 Å². The van der Waals surface area contributed by atoms with Crippen LogP contribution in [0.2, 0.25) is 0 Å². The zero-order chi connectivity index (χ0) is 20.5. The Labute approximate surface area is 174 Å². The van der Waals surface area contributed by atoms with Gasteiger partial charge in [0.1, 0.15) is 0 Å². The molecule has 0 unspecified atom stereocenters. The molecule has 0 radical (unpaired) electrons. The molecule has 0 aromatic heterocycles. The highest BCUT2D eigenvalue weighted by molar-refractivity contribution is 6.17. The van der Waals surface area contributed by atoms with Gasteiger partial charge in [0.25, 0.3) is 0 Å².